The minimum atomic E-state index is -4.54. The lowest BCUT2D eigenvalue weighted by atomic mass is 9.64. The van der Waals surface area contributed by atoms with Gasteiger partial charge in [-0.3, -0.25) is 14.7 Å². The number of alkyl halides is 14. The van der Waals surface area contributed by atoms with Crippen molar-refractivity contribution in [3.8, 4) is 6.07 Å². The summed E-state index contributed by atoms with van der Waals surface area (Å²) in [4.78, 5) is 27.7. The van der Waals surface area contributed by atoms with Crippen molar-refractivity contribution in [1.29, 1.82) is 5.26 Å². The predicted octanol–water partition coefficient (Wildman–Crippen LogP) is 26.8. The van der Waals surface area contributed by atoms with Gasteiger partial charge in [0.25, 0.3) is 17.8 Å². The summed E-state index contributed by atoms with van der Waals surface area (Å²) in [6, 6.07) is 5.48. The lowest BCUT2D eigenvalue weighted by molar-refractivity contribution is -0.307. The van der Waals surface area contributed by atoms with Crippen LogP contribution in [0.2, 0.25) is 0 Å². The number of aliphatic hydroxyl groups is 1. The Bertz CT molecular complexity index is 3720. The van der Waals surface area contributed by atoms with Gasteiger partial charge >= 0.3 is 6.18 Å². The van der Waals surface area contributed by atoms with Crippen LogP contribution in [-0.4, -0.2) is 212 Å². The Kier molecular flexibility index (Phi) is 42.5. The van der Waals surface area contributed by atoms with Crippen LogP contribution in [0.5, 0.6) is 0 Å². The number of hydrogen-bond donors (Lipinski definition) is 5. The van der Waals surface area contributed by atoms with Gasteiger partial charge in [0.05, 0.1) is 19.2 Å². The summed E-state index contributed by atoms with van der Waals surface area (Å²) < 4.78 is 180. The van der Waals surface area contributed by atoms with Crippen LogP contribution in [-0.2, 0) is 0 Å². The molecule has 3 heterocycles. The molecule has 14 fully saturated rings. The highest BCUT2D eigenvalue weighted by Gasteiger charge is 2.63. The number of hydrogen-bond acceptors (Lipinski definition) is 9. The average molecular weight is 1940 g/mol. The average Bonchev–Trinajstić information content (AvgIpc) is 0.745. The Balaban J connectivity index is 0.000000195. The molecule has 14 rings (SSSR count). The summed E-state index contributed by atoms with van der Waals surface area (Å²) in [6.45, 7) is 77.9. The quantitative estimate of drug-likeness (QED) is 0.0448. The molecule has 0 amide bonds. The monoisotopic (exact) mass is 1940 g/mol. The highest BCUT2D eigenvalue weighted by molar-refractivity contribution is 5.09. The molecule has 0 aromatic heterocycles. The molecule has 3 aliphatic heterocycles. The second-order valence-corrected chi connectivity index (χ2v) is 47.7. The van der Waals surface area contributed by atoms with Crippen molar-refractivity contribution in [2.24, 2.45) is 79.3 Å². The van der Waals surface area contributed by atoms with Crippen molar-refractivity contribution in [1.82, 2.24) is 36.0 Å². The van der Waals surface area contributed by atoms with E-state index in [2.05, 4.69) is 158 Å². The number of β-amino-alcohol motifs (C(OH)–C–C–N with tert-alkyl or cyclic N) is 1. The minimum Gasteiger partial charge on any atom is -0.378 e. The number of nitrogens with one attached hydrogen (secondary N) is 4. The molecule has 0 spiro atoms. The highest BCUT2D eigenvalue weighted by atomic mass is 19.4. The van der Waals surface area contributed by atoms with Crippen LogP contribution in [0.1, 0.15) is 360 Å². The number of nitrogens with zero attached hydrogens (tertiary/aromatic N) is 10. The lowest BCUT2D eigenvalue weighted by Gasteiger charge is -2.53. The topological polar surface area (TPSA) is 128 Å². The van der Waals surface area contributed by atoms with Gasteiger partial charge in [0.1, 0.15) is 6.17 Å². The van der Waals surface area contributed by atoms with E-state index in [1.807, 2.05) is 4.90 Å². The normalized spacial score (nSPS) is 34.6. The predicted molar refractivity (Wildman–Crippen MR) is 514 cm³/mol. The van der Waals surface area contributed by atoms with Crippen molar-refractivity contribution < 1.29 is 66.6 Å². The zero-order chi connectivity index (χ0) is 101. The second-order valence-electron chi connectivity index (χ2n) is 47.7. The maximum absolute atomic E-state index is 13.2. The highest BCUT2D eigenvalue weighted by Crippen LogP contribution is 2.54. The van der Waals surface area contributed by atoms with Crippen LogP contribution in [0.3, 0.4) is 0 Å². The van der Waals surface area contributed by atoms with E-state index in [0.717, 1.165) is 180 Å². The molecule has 0 aromatic carbocycles. The van der Waals surface area contributed by atoms with Crippen molar-refractivity contribution in [3.63, 3.8) is 0 Å². The Morgan fingerprint density at radius 3 is 0.691 bits per heavy atom. The second kappa shape index (κ2) is 49.6. The van der Waals surface area contributed by atoms with Gasteiger partial charge in [-0.05, 0) is 252 Å². The molecular weight excluding hydrogens is 1760 g/mol. The van der Waals surface area contributed by atoms with Gasteiger partial charge in [-0.25, -0.2) is 87.7 Å². The zero-order valence-electron chi connectivity index (χ0n) is 85.2. The standard InChI is InChI=1S/2C17H28F2N2.C15H23F3N2O.2C15H24F2N2.C14H22F2N2.C14H23FN2/c2*1-13(2)16(12-20-3)8-4-14(5-9-16)21-15-6-10-17(18,19)11-7-15;1-11(2)13(7-8-19)5-3-12(4-6-13)20-9-14(21,10-20)15(16,17)18;2*1-11(2)14(10-18-3)6-4-12(5-7-14)19-13-8-15(16,17)9-13;1-11(2)13(8-17-3)6-4-12(5-7-13)18-9-14(15,16)10-18;1-11(2)14(10-16-3)6-4-13(5-7-14)17-8-12(15)9-17/h2*13-15,21H,4-12H2,1-2H3;11-12,21H,3-7,9-10H2,1-2H3;2*11-13,19H,4-10H2,1-2H3;11-12H,4-10H2,1-2H3;11-13H,4-10H2,1-2H3. The molecule has 15 nitrogen and oxygen atoms in total. The smallest absolute Gasteiger partial charge is 0.378 e. The molecule has 0 aromatic rings. The first kappa shape index (κ1) is 116. The zero-order valence-corrected chi connectivity index (χ0v) is 85.2. The number of halogens is 14. The summed E-state index contributed by atoms with van der Waals surface area (Å²) in [5.41, 5.74) is -1.47. The van der Waals surface area contributed by atoms with Gasteiger partial charge in [-0.15, -0.1) is 0 Å². The molecule has 0 radical (unpaired) electrons. The molecule has 5 N–H and O–H groups in total. The number of likely N-dealkylation sites (tertiary alicyclic amines) is 3. The molecule has 11 aliphatic carbocycles. The summed E-state index contributed by atoms with van der Waals surface area (Å²) in [7, 11) is 0. The molecule has 3 saturated heterocycles. The van der Waals surface area contributed by atoms with Crippen molar-refractivity contribution in [2.75, 3.05) is 78.5 Å². The maximum atomic E-state index is 13.2. The van der Waals surface area contributed by atoms with Crippen molar-refractivity contribution in [2.45, 2.75) is 474 Å². The molecule has 0 atom stereocenters. The van der Waals surface area contributed by atoms with Crippen LogP contribution in [0.25, 0.3) is 29.1 Å². The van der Waals surface area contributed by atoms with E-state index in [1.165, 1.54) is 0 Å². The Morgan fingerprint density at radius 1 is 0.301 bits per heavy atom. The fraction of sp³-hybridized carbons (Fsp3) is 0.935. The van der Waals surface area contributed by atoms with E-state index in [9.17, 15) is 66.6 Å². The van der Waals surface area contributed by atoms with Crippen LogP contribution >= 0.6 is 0 Å². The Morgan fingerprint density at radius 2 is 0.500 bits per heavy atom. The Hall–Kier alpha value is -4.87. The van der Waals surface area contributed by atoms with E-state index in [1.54, 1.807) is 4.90 Å². The van der Waals surface area contributed by atoms with E-state index in [0.29, 0.717) is 162 Å². The summed E-state index contributed by atoms with van der Waals surface area (Å²) in [5, 5.41) is 32.5. The first-order valence-electron chi connectivity index (χ1n) is 52.5. The van der Waals surface area contributed by atoms with Crippen LogP contribution in [0.15, 0.2) is 0 Å². The summed E-state index contributed by atoms with van der Waals surface area (Å²) >= 11 is 0. The van der Waals surface area contributed by atoms with E-state index in [-0.39, 0.29) is 146 Å². The third kappa shape index (κ3) is 31.8. The van der Waals surface area contributed by atoms with Gasteiger partial charge in [0.15, 0.2) is 5.60 Å². The van der Waals surface area contributed by atoms with Crippen LogP contribution in [0, 0.1) is 130 Å². The van der Waals surface area contributed by atoms with Crippen LogP contribution < -0.4 is 21.3 Å². The molecule has 136 heavy (non-hydrogen) atoms. The largest absolute Gasteiger partial charge is 0.419 e. The van der Waals surface area contributed by atoms with E-state index < -0.39 is 47.6 Å². The lowest BCUT2D eigenvalue weighted by Crippen LogP contribution is -2.71. The van der Waals surface area contributed by atoms with Crippen LogP contribution in [0.4, 0.5) is 61.5 Å². The van der Waals surface area contributed by atoms with Gasteiger partial charge in [-0.2, -0.15) is 18.4 Å². The van der Waals surface area contributed by atoms with E-state index >= 15 is 0 Å². The molecule has 14 aliphatic rings. The molecule has 29 heteroatoms. The molecule has 0 bridgehead atoms. The SMILES string of the molecule is CC(C)C1(CC#N)CCC(N2CC(O)(C(F)(F)F)C2)CC1.[C-]#[N+]CC1(C(C)C)CCC(N2CC(F)(F)C2)CC1.[C-]#[N+]CC1(C(C)C)CCC(N2CC(F)C2)CC1.[C-]#[N+]CC1(C(C)C)CCC(NC2CC(F)(F)C2)CC1.[C-]#[N+]CC1(C(C)C)CCC(NC2CC(F)(F)C2)CC1.[C-]#[N+]CC1(C(C)C)CCC(NC2CCC(F)(F)CC2)CC1.[C-]#[N+]CC1(C(C)C)CCC(NC2CCC(F)(F)CC2)CC1. The van der Waals surface area contributed by atoms with Gasteiger partial charge in [0, 0.05) is 183 Å². The number of nitriles is 1. The Labute approximate surface area is 810 Å². The fourth-order valence-corrected chi connectivity index (χ4v) is 25.6. The summed E-state index contributed by atoms with van der Waals surface area (Å²) in [5.74, 6) is -8.57. The van der Waals surface area contributed by atoms with E-state index in [4.69, 9.17) is 44.7 Å². The maximum Gasteiger partial charge on any atom is 0.419 e. The van der Waals surface area contributed by atoms with Gasteiger partial charge in [0.2, 0.25) is 51.1 Å². The minimum absolute atomic E-state index is 0.000870. The third-order valence-corrected chi connectivity index (χ3v) is 37.4. The fourth-order valence-electron chi connectivity index (χ4n) is 25.6. The molecular formula is C107H172F14N14O. The third-order valence-electron chi connectivity index (χ3n) is 37.4. The molecule has 774 valence electrons. The van der Waals surface area contributed by atoms with Crippen molar-refractivity contribution >= 4 is 0 Å². The van der Waals surface area contributed by atoms with Crippen molar-refractivity contribution in [3.05, 3.63) is 68.5 Å². The number of rotatable bonds is 25. The summed E-state index contributed by atoms with van der Waals surface area (Å²) in [6.07, 6.45) is 26.9. The van der Waals surface area contributed by atoms with Gasteiger partial charge < -0.3 is 55.4 Å². The first-order chi connectivity index (χ1) is 63.6. The molecule has 11 saturated carbocycles. The van der Waals surface area contributed by atoms with Gasteiger partial charge in [-0.1, -0.05) is 96.9 Å². The molecule has 0 unspecified atom stereocenters. The first-order valence-corrected chi connectivity index (χ1v) is 52.5.